The van der Waals surface area contributed by atoms with Crippen molar-refractivity contribution in [1.82, 2.24) is 4.98 Å². The van der Waals surface area contributed by atoms with E-state index in [2.05, 4.69) is 22.7 Å². The van der Waals surface area contributed by atoms with Crippen molar-refractivity contribution < 1.29 is 31.1 Å². The topological polar surface area (TPSA) is 22.1 Å². The van der Waals surface area contributed by atoms with Crippen LogP contribution in [0.3, 0.4) is 0 Å². The average Bonchev–Trinajstić information content (AvgIpc) is 2.92. The van der Waals surface area contributed by atoms with Gasteiger partial charge in [-0.2, -0.15) is 13.2 Å². The molecule has 0 aliphatic rings. The van der Waals surface area contributed by atoms with Crippen LogP contribution in [0.25, 0.3) is 22.0 Å². The Morgan fingerprint density at radius 3 is 2.17 bits per heavy atom. The number of fused-ring (bicyclic) bond motifs is 1. The van der Waals surface area contributed by atoms with Gasteiger partial charge >= 0.3 is 6.18 Å². The maximum atomic E-state index is 15.3. The minimum absolute atomic E-state index is 0.0861. The summed E-state index contributed by atoms with van der Waals surface area (Å²) in [7, 11) is 0. The van der Waals surface area contributed by atoms with Crippen LogP contribution in [-0.4, -0.2) is 17.8 Å². The quantitative estimate of drug-likeness (QED) is 0.127. The van der Waals surface area contributed by atoms with Crippen molar-refractivity contribution in [2.24, 2.45) is 0 Å². The fraction of sp³-hybridized carbons (Fsp3) is 0.344. The lowest BCUT2D eigenvalue weighted by atomic mass is 9.98. The van der Waals surface area contributed by atoms with E-state index in [4.69, 9.17) is 0 Å². The molecule has 1 aromatic heterocycles. The molecular formula is C32H31F6NO. The molecule has 0 unspecified atom stereocenters. The van der Waals surface area contributed by atoms with E-state index in [1.165, 1.54) is 31.2 Å². The lowest BCUT2D eigenvalue weighted by molar-refractivity contribution is -0.154. The number of benzene rings is 3. The smallest absolute Gasteiger partial charge is 0.422 e. The second-order valence-electron chi connectivity index (χ2n) is 9.98. The van der Waals surface area contributed by atoms with Crippen molar-refractivity contribution in [2.75, 3.05) is 6.61 Å². The van der Waals surface area contributed by atoms with Crippen molar-refractivity contribution in [3.8, 4) is 17.0 Å². The average molecular weight is 560 g/mol. The minimum Gasteiger partial charge on any atom is -0.478 e. The molecule has 0 fully saturated rings. The van der Waals surface area contributed by atoms with E-state index in [0.717, 1.165) is 36.2 Å². The molecule has 4 rings (SSSR count). The minimum atomic E-state index is -4.72. The number of unbranched alkanes of at least 4 members (excludes halogenated alkanes) is 4. The first-order chi connectivity index (χ1) is 19.1. The summed E-state index contributed by atoms with van der Waals surface area (Å²) in [6.45, 7) is 0.398. The summed E-state index contributed by atoms with van der Waals surface area (Å²) in [5.41, 5.74) is 3.40. The normalized spacial score (nSPS) is 11.8. The molecule has 0 radical (unpaired) electrons. The highest BCUT2D eigenvalue weighted by molar-refractivity contribution is 5.88. The van der Waals surface area contributed by atoms with Crippen molar-refractivity contribution in [1.29, 1.82) is 0 Å². The van der Waals surface area contributed by atoms with E-state index in [1.54, 1.807) is 18.2 Å². The summed E-state index contributed by atoms with van der Waals surface area (Å²) in [6.07, 6.45) is 4.50. The van der Waals surface area contributed by atoms with Gasteiger partial charge in [-0.3, -0.25) is 4.98 Å². The molecule has 40 heavy (non-hydrogen) atoms. The first-order valence-electron chi connectivity index (χ1n) is 13.5. The number of aryl methyl sites for hydroxylation is 3. The lowest BCUT2D eigenvalue weighted by Crippen LogP contribution is -2.20. The Morgan fingerprint density at radius 2 is 1.50 bits per heavy atom. The van der Waals surface area contributed by atoms with Crippen LogP contribution in [-0.2, 0) is 19.3 Å². The number of alkyl halides is 3. The summed E-state index contributed by atoms with van der Waals surface area (Å²) in [6, 6.07) is 14.7. The molecule has 8 heteroatoms. The summed E-state index contributed by atoms with van der Waals surface area (Å²) >= 11 is 0. The van der Waals surface area contributed by atoms with Crippen LogP contribution in [0.1, 0.15) is 55.7 Å². The summed E-state index contributed by atoms with van der Waals surface area (Å²) < 4.78 is 84.9. The molecule has 3 aromatic carbocycles. The molecule has 2 nitrogen and oxygen atoms in total. The Balaban J connectivity index is 1.42. The van der Waals surface area contributed by atoms with Crippen LogP contribution in [0.15, 0.2) is 60.8 Å². The Kier molecular flexibility index (Phi) is 9.71. The maximum Gasteiger partial charge on any atom is 0.422 e. The number of rotatable bonds is 12. The molecular weight excluding hydrogens is 528 g/mol. The Bertz CT molecular complexity index is 1410. The molecule has 0 aliphatic heterocycles. The molecule has 0 amide bonds. The van der Waals surface area contributed by atoms with Gasteiger partial charge in [0.2, 0.25) is 0 Å². The maximum absolute atomic E-state index is 15.3. The van der Waals surface area contributed by atoms with Crippen LogP contribution in [0.4, 0.5) is 26.3 Å². The summed E-state index contributed by atoms with van der Waals surface area (Å²) in [4.78, 5) is 4.60. The molecule has 0 bridgehead atoms. The van der Waals surface area contributed by atoms with Gasteiger partial charge in [0.25, 0.3) is 0 Å². The van der Waals surface area contributed by atoms with Gasteiger partial charge < -0.3 is 4.74 Å². The Labute approximate surface area is 230 Å². The second-order valence-corrected chi connectivity index (χ2v) is 9.98. The molecule has 0 N–H and O–H groups in total. The predicted octanol–water partition coefficient (Wildman–Crippen LogP) is 9.56. The third-order valence-electron chi connectivity index (χ3n) is 6.84. The van der Waals surface area contributed by atoms with Crippen molar-refractivity contribution in [3.63, 3.8) is 0 Å². The van der Waals surface area contributed by atoms with E-state index in [0.29, 0.717) is 16.3 Å². The molecule has 0 saturated heterocycles. The SMILES string of the molecule is CCCCCCCc1ccc(-c2ccc3c(F)c(CCc4cc(F)c(OCC(F)(F)F)c(F)c4)ccc3c2)nc1. The number of halogens is 6. The monoisotopic (exact) mass is 559 g/mol. The fourth-order valence-corrected chi connectivity index (χ4v) is 4.69. The van der Waals surface area contributed by atoms with Crippen LogP contribution in [0.2, 0.25) is 0 Å². The molecule has 4 aromatic rings. The molecule has 0 atom stereocenters. The van der Waals surface area contributed by atoms with Crippen LogP contribution in [0, 0.1) is 17.5 Å². The van der Waals surface area contributed by atoms with Crippen LogP contribution in [0.5, 0.6) is 5.75 Å². The molecule has 1 heterocycles. The van der Waals surface area contributed by atoms with Gasteiger partial charge in [-0.25, -0.2) is 13.2 Å². The van der Waals surface area contributed by atoms with Crippen LogP contribution < -0.4 is 4.74 Å². The predicted molar refractivity (Wildman–Crippen MR) is 145 cm³/mol. The number of hydrogen-bond acceptors (Lipinski definition) is 2. The van der Waals surface area contributed by atoms with E-state index in [9.17, 15) is 22.0 Å². The van der Waals surface area contributed by atoms with Crippen molar-refractivity contribution in [2.45, 2.75) is 64.5 Å². The molecule has 212 valence electrons. The first-order valence-corrected chi connectivity index (χ1v) is 13.5. The van der Waals surface area contributed by atoms with E-state index in [1.807, 2.05) is 24.4 Å². The highest BCUT2D eigenvalue weighted by Gasteiger charge is 2.30. The molecule has 0 spiro atoms. The Hall–Kier alpha value is -3.55. The zero-order valence-electron chi connectivity index (χ0n) is 22.3. The number of nitrogens with zero attached hydrogens (tertiary/aromatic N) is 1. The first kappa shape index (κ1) is 29.4. The molecule has 0 aliphatic carbocycles. The van der Waals surface area contributed by atoms with Gasteiger partial charge in [-0.05, 0) is 72.0 Å². The summed E-state index contributed by atoms with van der Waals surface area (Å²) in [5.74, 6) is -3.99. The molecule has 0 saturated carbocycles. The van der Waals surface area contributed by atoms with Gasteiger partial charge in [0.05, 0.1) is 5.69 Å². The third-order valence-corrected chi connectivity index (χ3v) is 6.84. The van der Waals surface area contributed by atoms with E-state index >= 15 is 4.39 Å². The van der Waals surface area contributed by atoms with Crippen LogP contribution >= 0.6 is 0 Å². The van der Waals surface area contributed by atoms with Gasteiger partial charge in [0, 0.05) is 17.1 Å². The van der Waals surface area contributed by atoms with E-state index < -0.39 is 36.0 Å². The lowest BCUT2D eigenvalue weighted by Gasteiger charge is -2.12. The van der Waals surface area contributed by atoms with Crippen molar-refractivity contribution in [3.05, 3.63) is 94.9 Å². The van der Waals surface area contributed by atoms with Gasteiger partial charge in [-0.15, -0.1) is 0 Å². The largest absolute Gasteiger partial charge is 0.478 e. The Morgan fingerprint density at radius 1 is 0.750 bits per heavy atom. The highest BCUT2D eigenvalue weighted by Crippen LogP contribution is 2.29. The standard InChI is InChI=1S/C32H31F6NO/c1-2-3-4-5-6-7-21-9-15-29(39-19-21)25-13-14-26-24(18-25)12-11-23(30(26)35)10-8-22-16-27(33)31(28(34)17-22)40-20-32(36,37)38/h9,11-19H,2-8,10,20H2,1H3. The number of pyridine rings is 1. The summed E-state index contributed by atoms with van der Waals surface area (Å²) in [5, 5.41) is 1.11. The van der Waals surface area contributed by atoms with Gasteiger partial charge in [-0.1, -0.05) is 62.9 Å². The second kappa shape index (κ2) is 13.2. The number of ether oxygens (including phenoxy) is 1. The fourth-order valence-electron chi connectivity index (χ4n) is 4.69. The van der Waals surface area contributed by atoms with Gasteiger partial charge in [0.1, 0.15) is 5.82 Å². The van der Waals surface area contributed by atoms with Crippen molar-refractivity contribution >= 4 is 10.8 Å². The zero-order valence-corrected chi connectivity index (χ0v) is 22.3. The highest BCUT2D eigenvalue weighted by atomic mass is 19.4. The van der Waals surface area contributed by atoms with Gasteiger partial charge in [0.15, 0.2) is 24.0 Å². The third kappa shape index (κ3) is 7.77. The van der Waals surface area contributed by atoms with E-state index in [-0.39, 0.29) is 18.4 Å². The number of hydrogen-bond donors (Lipinski definition) is 0. The number of aromatic nitrogens is 1. The zero-order chi connectivity index (χ0) is 28.7.